The number of rotatable bonds is 4. The average molecular weight is 228 g/mol. The van der Waals surface area contributed by atoms with Gasteiger partial charge < -0.3 is 14.8 Å². The molecule has 6 heteroatoms. The third-order valence-corrected chi connectivity index (χ3v) is 2.44. The summed E-state index contributed by atoms with van der Waals surface area (Å²) in [6.07, 6.45) is -0.115. The highest BCUT2D eigenvalue weighted by Crippen LogP contribution is 2.13. The van der Waals surface area contributed by atoms with Gasteiger partial charge in [0.2, 0.25) is 6.10 Å². The molecule has 1 heterocycles. The molecular weight excluding hydrogens is 212 g/mol. The second kappa shape index (κ2) is 4.96. The van der Waals surface area contributed by atoms with Gasteiger partial charge in [0.25, 0.3) is 5.91 Å². The van der Waals surface area contributed by atoms with E-state index in [2.05, 4.69) is 5.16 Å². The van der Waals surface area contributed by atoms with Crippen LogP contribution in [0.3, 0.4) is 0 Å². The van der Waals surface area contributed by atoms with Crippen LogP contribution in [0.15, 0.2) is 5.16 Å². The molecular formula is C10H16N2O4. The molecule has 0 radical (unpaired) electrons. The van der Waals surface area contributed by atoms with Gasteiger partial charge in [-0.1, -0.05) is 12.1 Å². The second-order valence-electron chi connectivity index (χ2n) is 4.08. The standard InChI is InChI=1S/C10H16N2O4/c1-6(10(14)15)5-12(3)9(13)8-4-7(2)11-16-8/h6,8H,4-5H2,1-3H3,(H,14,15). The van der Waals surface area contributed by atoms with Crippen LogP contribution >= 0.6 is 0 Å². The molecule has 0 saturated carbocycles. The lowest BCUT2D eigenvalue weighted by molar-refractivity contribution is -0.145. The number of carboxylic acids is 1. The molecule has 0 aromatic heterocycles. The molecule has 0 spiro atoms. The van der Waals surface area contributed by atoms with Crippen molar-refractivity contribution in [1.82, 2.24) is 4.90 Å². The third-order valence-electron chi connectivity index (χ3n) is 2.44. The number of carbonyl (C=O) groups excluding carboxylic acids is 1. The Labute approximate surface area is 93.9 Å². The van der Waals surface area contributed by atoms with Gasteiger partial charge in [-0.2, -0.15) is 0 Å². The Morgan fingerprint density at radius 2 is 2.31 bits per heavy atom. The van der Waals surface area contributed by atoms with Gasteiger partial charge in [0.15, 0.2) is 0 Å². The fourth-order valence-corrected chi connectivity index (χ4v) is 1.45. The Hall–Kier alpha value is -1.59. The molecule has 90 valence electrons. The number of carboxylic acid groups (broad SMARTS) is 1. The van der Waals surface area contributed by atoms with Crippen LogP contribution in [-0.4, -0.2) is 47.3 Å². The molecule has 2 atom stereocenters. The molecule has 0 aromatic rings. The molecule has 0 fully saturated rings. The minimum Gasteiger partial charge on any atom is -0.481 e. The summed E-state index contributed by atoms with van der Waals surface area (Å²) < 4.78 is 0. The maximum atomic E-state index is 11.8. The van der Waals surface area contributed by atoms with Crippen LogP contribution in [-0.2, 0) is 14.4 Å². The van der Waals surface area contributed by atoms with E-state index in [9.17, 15) is 9.59 Å². The lowest BCUT2D eigenvalue weighted by Gasteiger charge is -2.21. The normalized spacial score (nSPS) is 20.9. The number of hydrogen-bond donors (Lipinski definition) is 1. The van der Waals surface area contributed by atoms with Crippen LogP contribution in [0.2, 0.25) is 0 Å². The second-order valence-corrected chi connectivity index (χ2v) is 4.08. The number of amides is 1. The van der Waals surface area contributed by atoms with Gasteiger partial charge in [0.05, 0.1) is 11.6 Å². The fraction of sp³-hybridized carbons (Fsp3) is 0.700. The molecule has 1 amide bonds. The third kappa shape index (κ3) is 2.95. The molecule has 1 aliphatic heterocycles. The van der Waals surface area contributed by atoms with Crippen molar-refractivity contribution in [2.45, 2.75) is 26.4 Å². The van der Waals surface area contributed by atoms with Gasteiger partial charge in [0, 0.05) is 20.0 Å². The summed E-state index contributed by atoms with van der Waals surface area (Å²) in [5.74, 6) is -1.73. The molecule has 6 nitrogen and oxygen atoms in total. The van der Waals surface area contributed by atoms with Crippen LogP contribution in [0.25, 0.3) is 0 Å². The SMILES string of the molecule is CC1=NOC(C(=O)N(C)CC(C)C(=O)O)C1. The summed E-state index contributed by atoms with van der Waals surface area (Å²) in [5, 5.41) is 12.4. The van der Waals surface area contributed by atoms with Crippen LogP contribution < -0.4 is 0 Å². The number of aliphatic carboxylic acids is 1. The summed E-state index contributed by atoms with van der Waals surface area (Å²) in [4.78, 5) is 28.7. The van der Waals surface area contributed by atoms with Gasteiger partial charge in [0.1, 0.15) is 0 Å². The lowest BCUT2D eigenvalue weighted by atomic mass is 10.1. The van der Waals surface area contributed by atoms with E-state index in [4.69, 9.17) is 9.94 Å². The zero-order chi connectivity index (χ0) is 12.3. The van der Waals surface area contributed by atoms with Crippen LogP contribution in [0.5, 0.6) is 0 Å². The van der Waals surface area contributed by atoms with Gasteiger partial charge in [-0.15, -0.1) is 0 Å². The number of likely N-dealkylation sites (N-methyl/N-ethyl adjacent to an activating group) is 1. The van der Waals surface area contributed by atoms with Crippen molar-refractivity contribution in [3.05, 3.63) is 0 Å². The molecule has 1 aliphatic rings. The first-order valence-electron chi connectivity index (χ1n) is 5.09. The number of oxime groups is 1. The van der Waals surface area contributed by atoms with E-state index in [-0.39, 0.29) is 12.5 Å². The monoisotopic (exact) mass is 228 g/mol. The first-order chi connectivity index (χ1) is 7.41. The minimum absolute atomic E-state index is 0.174. The summed E-state index contributed by atoms with van der Waals surface area (Å²) >= 11 is 0. The first-order valence-corrected chi connectivity index (χ1v) is 5.09. The van der Waals surface area contributed by atoms with Gasteiger partial charge in [-0.05, 0) is 6.92 Å². The van der Waals surface area contributed by atoms with E-state index in [1.807, 2.05) is 0 Å². The highest BCUT2D eigenvalue weighted by molar-refractivity contribution is 5.91. The van der Waals surface area contributed by atoms with E-state index < -0.39 is 18.0 Å². The molecule has 0 saturated heterocycles. The molecule has 1 N–H and O–H groups in total. The van der Waals surface area contributed by atoms with Crippen molar-refractivity contribution in [2.24, 2.45) is 11.1 Å². The molecule has 0 aliphatic carbocycles. The zero-order valence-corrected chi connectivity index (χ0v) is 9.64. The van der Waals surface area contributed by atoms with E-state index in [1.54, 1.807) is 20.9 Å². The number of carbonyl (C=O) groups is 2. The van der Waals surface area contributed by atoms with Crippen molar-refractivity contribution in [3.63, 3.8) is 0 Å². The largest absolute Gasteiger partial charge is 0.481 e. The summed E-state index contributed by atoms with van der Waals surface area (Å²) in [7, 11) is 1.57. The summed E-state index contributed by atoms with van der Waals surface area (Å²) in [6.45, 7) is 3.52. The minimum atomic E-state index is -0.917. The Morgan fingerprint density at radius 1 is 1.69 bits per heavy atom. The Bertz CT molecular complexity index is 327. The summed E-state index contributed by atoms with van der Waals surface area (Å²) in [6, 6.07) is 0. The van der Waals surface area contributed by atoms with Crippen molar-refractivity contribution in [1.29, 1.82) is 0 Å². The maximum absolute atomic E-state index is 11.8. The number of nitrogens with zero attached hydrogens (tertiary/aromatic N) is 2. The topological polar surface area (TPSA) is 79.2 Å². The Balaban J connectivity index is 2.46. The predicted octanol–water partition coefficient (Wildman–Crippen LogP) is 0.330. The summed E-state index contributed by atoms with van der Waals surface area (Å²) in [5.41, 5.74) is 0.776. The van der Waals surface area contributed by atoms with Crippen LogP contribution in [0, 0.1) is 5.92 Å². The highest BCUT2D eigenvalue weighted by atomic mass is 16.6. The maximum Gasteiger partial charge on any atom is 0.308 e. The average Bonchev–Trinajstić information content (AvgIpc) is 2.63. The van der Waals surface area contributed by atoms with E-state index >= 15 is 0 Å². The van der Waals surface area contributed by atoms with Crippen LogP contribution in [0.1, 0.15) is 20.3 Å². The Kier molecular flexibility index (Phi) is 3.87. The molecule has 1 rings (SSSR count). The van der Waals surface area contributed by atoms with Crippen LogP contribution in [0.4, 0.5) is 0 Å². The zero-order valence-electron chi connectivity index (χ0n) is 9.64. The van der Waals surface area contributed by atoms with Crippen molar-refractivity contribution in [2.75, 3.05) is 13.6 Å². The van der Waals surface area contributed by atoms with Crippen molar-refractivity contribution in [3.8, 4) is 0 Å². The molecule has 0 aromatic carbocycles. The van der Waals surface area contributed by atoms with E-state index in [1.165, 1.54) is 4.90 Å². The van der Waals surface area contributed by atoms with Crippen molar-refractivity contribution < 1.29 is 19.5 Å². The lowest BCUT2D eigenvalue weighted by Crippen LogP contribution is -2.40. The molecule has 0 bridgehead atoms. The quantitative estimate of drug-likeness (QED) is 0.752. The molecule has 16 heavy (non-hydrogen) atoms. The van der Waals surface area contributed by atoms with E-state index in [0.717, 1.165) is 5.71 Å². The van der Waals surface area contributed by atoms with Gasteiger partial charge in [-0.25, -0.2) is 0 Å². The highest BCUT2D eigenvalue weighted by Gasteiger charge is 2.30. The predicted molar refractivity (Wildman–Crippen MR) is 57.0 cm³/mol. The fourth-order valence-electron chi connectivity index (χ4n) is 1.45. The Morgan fingerprint density at radius 3 is 2.75 bits per heavy atom. The van der Waals surface area contributed by atoms with E-state index in [0.29, 0.717) is 6.42 Å². The van der Waals surface area contributed by atoms with Gasteiger partial charge >= 0.3 is 5.97 Å². The smallest absolute Gasteiger partial charge is 0.308 e. The van der Waals surface area contributed by atoms with Gasteiger partial charge in [-0.3, -0.25) is 9.59 Å². The number of hydrogen-bond acceptors (Lipinski definition) is 4. The first kappa shape index (κ1) is 12.5. The van der Waals surface area contributed by atoms with Crippen molar-refractivity contribution >= 4 is 17.6 Å². The molecule has 2 unspecified atom stereocenters.